The van der Waals surface area contributed by atoms with Crippen LogP contribution in [-0.4, -0.2) is 21.6 Å². The van der Waals surface area contributed by atoms with Crippen LogP contribution < -0.4 is 10.5 Å². The number of fused-ring (bicyclic) bond motifs is 1. The molecule has 0 bridgehead atoms. The van der Waals surface area contributed by atoms with Crippen LogP contribution in [0.1, 0.15) is 38.6 Å². The van der Waals surface area contributed by atoms with Crippen molar-refractivity contribution in [3.63, 3.8) is 0 Å². The highest BCUT2D eigenvalue weighted by molar-refractivity contribution is 5.75. The Labute approximate surface area is 112 Å². The van der Waals surface area contributed by atoms with Crippen LogP contribution in [0, 0.1) is 5.92 Å². The number of pyridine rings is 1. The Hall–Kier alpha value is -1.78. The maximum atomic E-state index is 6.09. The topological polar surface area (TPSA) is 66.0 Å². The summed E-state index contributed by atoms with van der Waals surface area (Å²) >= 11 is 0. The summed E-state index contributed by atoms with van der Waals surface area (Å²) in [7, 11) is 1.63. The lowest BCUT2D eigenvalue weighted by atomic mass is 9.87. The highest BCUT2D eigenvalue weighted by Crippen LogP contribution is 2.35. The Morgan fingerprint density at radius 2 is 2.16 bits per heavy atom. The fourth-order valence-electron chi connectivity index (χ4n) is 3.08. The zero-order chi connectivity index (χ0) is 13.4. The molecule has 0 radical (unpaired) electrons. The zero-order valence-electron chi connectivity index (χ0n) is 11.5. The molecule has 0 aliphatic heterocycles. The van der Waals surface area contributed by atoms with Gasteiger partial charge in [0.1, 0.15) is 5.52 Å². The Balaban J connectivity index is 2.08. The molecule has 0 saturated heterocycles. The minimum atomic E-state index is 0.411. The van der Waals surface area contributed by atoms with Gasteiger partial charge >= 0.3 is 0 Å². The van der Waals surface area contributed by atoms with Crippen molar-refractivity contribution in [2.75, 3.05) is 12.8 Å². The number of hydrogen-bond donors (Lipinski definition) is 1. The van der Waals surface area contributed by atoms with Crippen molar-refractivity contribution in [3.8, 4) is 5.88 Å². The molecule has 2 aromatic rings. The van der Waals surface area contributed by atoms with Crippen molar-refractivity contribution in [1.29, 1.82) is 0 Å². The number of aromatic nitrogens is 3. The normalized spacial score (nSPS) is 23.7. The summed E-state index contributed by atoms with van der Waals surface area (Å²) in [5.74, 6) is 1.91. The van der Waals surface area contributed by atoms with E-state index in [0.29, 0.717) is 17.9 Å². The fourth-order valence-corrected chi connectivity index (χ4v) is 3.08. The molecule has 2 atom stereocenters. The molecule has 102 valence electrons. The maximum absolute atomic E-state index is 6.09. The summed E-state index contributed by atoms with van der Waals surface area (Å²) < 4.78 is 7.29. The predicted molar refractivity (Wildman–Crippen MR) is 75.2 cm³/mol. The summed E-state index contributed by atoms with van der Waals surface area (Å²) in [4.78, 5) is 8.92. The van der Waals surface area contributed by atoms with Crippen LogP contribution in [0.4, 0.5) is 5.95 Å². The van der Waals surface area contributed by atoms with Crippen molar-refractivity contribution < 1.29 is 4.74 Å². The van der Waals surface area contributed by atoms with E-state index in [1.165, 1.54) is 12.8 Å². The van der Waals surface area contributed by atoms with Gasteiger partial charge in [-0.3, -0.25) is 4.57 Å². The van der Waals surface area contributed by atoms with Gasteiger partial charge in [-0.25, -0.2) is 4.98 Å². The molecule has 2 aromatic heterocycles. The van der Waals surface area contributed by atoms with Crippen molar-refractivity contribution in [1.82, 2.24) is 14.5 Å². The Morgan fingerprint density at radius 1 is 1.32 bits per heavy atom. The molecule has 1 aliphatic rings. The fraction of sp³-hybridized carbons (Fsp3) is 0.571. The van der Waals surface area contributed by atoms with Gasteiger partial charge in [-0.1, -0.05) is 19.8 Å². The predicted octanol–water partition coefficient (Wildman–Crippen LogP) is 2.77. The van der Waals surface area contributed by atoms with Gasteiger partial charge in [0.25, 0.3) is 0 Å². The zero-order valence-corrected chi connectivity index (χ0v) is 11.5. The summed E-state index contributed by atoms with van der Waals surface area (Å²) in [5.41, 5.74) is 7.78. The number of methoxy groups -OCH3 is 1. The van der Waals surface area contributed by atoms with E-state index < -0.39 is 0 Å². The van der Waals surface area contributed by atoms with Gasteiger partial charge in [0.15, 0.2) is 5.65 Å². The molecule has 2 N–H and O–H groups in total. The molecule has 2 heterocycles. The molecule has 19 heavy (non-hydrogen) atoms. The molecule has 1 aliphatic carbocycles. The second-order valence-electron chi connectivity index (χ2n) is 5.46. The summed E-state index contributed by atoms with van der Waals surface area (Å²) in [5, 5.41) is 0. The number of hydrogen-bond acceptors (Lipinski definition) is 4. The van der Waals surface area contributed by atoms with Crippen LogP contribution in [0.15, 0.2) is 12.1 Å². The molecular weight excluding hydrogens is 240 g/mol. The third-order valence-corrected chi connectivity index (χ3v) is 4.02. The first-order valence-electron chi connectivity index (χ1n) is 6.87. The average molecular weight is 260 g/mol. The number of ether oxygens (including phenoxy) is 1. The van der Waals surface area contributed by atoms with E-state index in [1.807, 2.05) is 12.1 Å². The van der Waals surface area contributed by atoms with Crippen LogP contribution in [0.2, 0.25) is 0 Å². The molecule has 2 unspecified atom stereocenters. The molecule has 3 rings (SSSR count). The number of nitrogens with two attached hydrogens (primary N) is 1. The van der Waals surface area contributed by atoms with E-state index in [2.05, 4.69) is 21.5 Å². The Bertz CT molecular complexity index is 592. The van der Waals surface area contributed by atoms with E-state index in [1.54, 1.807) is 7.11 Å². The number of imidazole rings is 1. The van der Waals surface area contributed by atoms with Crippen molar-refractivity contribution >= 4 is 17.1 Å². The molecule has 0 amide bonds. The molecule has 0 spiro atoms. The van der Waals surface area contributed by atoms with Crippen molar-refractivity contribution in [2.45, 2.75) is 38.6 Å². The lowest BCUT2D eigenvalue weighted by Gasteiger charge is -2.28. The van der Waals surface area contributed by atoms with Gasteiger partial charge in [0.2, 0.25) is 11.8 Å². The van der Waals surface area contributed by atoms with Crippen molar-refractivity contribution in [2.24, 2.45) is 5.92 Å². The lowest BCUT2D eigenvalue weighted by molar-refractivity contribution is 0.288. The monoisotopic (exact) mass is 260 g/mol. The minimum absolute atomic E-state index is 0.411. The van der Waals surface area contributed by atoms with E-state index >= 15 is 0 Å². The SMILES string of the molecule is COc1ccc2nc(N)n(C3CCCC(C)C3)c2n1. The van der Waals surface area contributed by atoms with Crippen LogP contribution in [-0.2, 0) is 0 Å². The van der Waals surface area contributed by atoms with Crippen LogP contribution >= 0.6 is 0 Å². The minimum Gasteiger partial charge on any atom is -0.481 e. The Kier molecular flexibility index (Phi) is 3.05. The quantitative estimate of drug-likeness (QED) is 0.901. The van der Waals surface area contributed by atoms with Crippen molar-refractivity contribution in [3.05, 3.63) is 12.1 Å². The van der Waals surface area contributed by atoms with Gasteiger partial charge in [0.05, 0.1) is 7.11 Å². The molecule has 0 aromatic carbocycles. The third-order valence-electron chi connectivity index (χ3n) is 4.02. The molecule has 1 saturated carbocycles. The largest absolute Gasteiger partial charge is 0.481 e. The summed E-state index contributed by atoms with van der Waals surface area (Å²) in [6.45, 7) is 2.30. The van der Waals surface area contributed by atoms with E-state index in [0.717, 1.165) is 29.9 Å². The average Bonchev–Trinajstić information content (AvgIpc) is 2.73. The smallest absolute Gasteiger partial charge is 0.215 e. The highest BCUT2D eigenvalue weighted by atomic mass is 16.5. The van der Waals surface area contributed by atoms with Gasteiger partial charge in [-0.15, -0.1) is 0 Å². The summed E-state index contributed by atoms with van der Waals surface area (Å²) in [6, 6.07) is 4.15. The molecule has 5 heteroatoms. The van der Waals surface area contributed by atoms with Crippen LogP contribution in [0.5, 0.6) is 5.88 Å². The van der Waals surface area contributed by atoms with Gasteiger partial charge < -0.3 is 10.5 Å². The number of nitrogens with zero attached hydrogens (tertiary/aromatic N) is 3. The molecule has 1 fully saturated rings. The third kappa shape index (κ3) is 2.13. The second-order valence-corrected chi connectivity index (χ2v) is 5.46. The van der Waals surface area contributed by atoms with E-state index in [-0.39, 0.29) is 0 Å². The van der Waals surface area contributed by atoms with E-state index in [4.69, 9.17) is 10.5 Å². The van der Waals surface area contributed by atoms with Gasteiger partial charge in [-0.05, 0) is 24.8 Å². The van der Waals surface area contributed by atoms with Crippen LogP contribution in [0.3, 0.4) is 0 Å². The maximum Gasteiger partial charge on any atom is 0.215 e. The van der Waals surface area contributed by atoms with Gasteiger partial charge in [-0.2, -0.15) is 4.98 Å². The second kappa shape index (κ2) is 4.72. The first-order chi connectivity index (χ1) is 9.19. The Morgan fingerprint density at radius 3 is 2.89 bits per heavy atom. The first kappa shape index (κ1) is 12.3. The number of anilines is 1. The molecular formula is C14H20N4O. The molecule has 5 nitrogen and oxygen atoms in total. The van der Waals surface area contributed by atoms with Crippen LogP contribution in [0.25, 0.3) is 11.2 Å². The standard InChI is InChI=1S/C14H20N4O/c1-9-4-3-5-10(8-9)18-13-11(16-14(18)15)6-7-12(17-13)19-2/h6-7,9-10H,3-5,8H2,1-2H3,(H2,15,16). The van der Waals surface area contributed by atoms with Gasteiger partial charge in [0, 0.05) is 12.1 Å². The lowest BCUT2D eigenvalue weighted by Crippen LogP contribution is -2.19. The van der Waals surface area contributed by atoms with E-state index in [9.17, 15) is 0 Å². The number of rotatable bonds is 2. The first-order valence-corrected chi connectivity index (χ1v) is 6.87. The number of nitrogen functional groups attached to an aromatic ring is 1. The highest BCUT2D eigenvalue weighted by Gasteiger charge is 2.24. The summed E-state index contributed by atoms with van der Waals surface area (Å²) in [6.07, 6.45) is 4.85.